The Hall–Kier alpha value is -0.570. The van der Waals surface area contributed by atoms with E-state index >= 15 is 0 Å². The first-order valence-electron chi connectivity index (χ1n) is 5.56. The van der Waals surface area contributed by atoms with Crippen LogP contribution in [-0.4, -0.2) is 23.2 Å². The van der Waals surface area contributed by atoms with E-state index in [1.807, 2.05) is 6.92 Å². The molecule has 1 fully saturated rings. The van der Waals surface area contributed by atoms with Crippen molar-refractivity contribution >= 4 is 5.91 Å². The van der Waals surface area contributed by atoms with Gasteiger partial charge in [0.05, 0.1) is 12.1 Å². The lowest BCUT2D eigenvalue weighted by Crippen LogP contribution is -2.57. The lowest BCUT2D eigenvalue weighted by molar-refractivity contribution is -0.128. The van der Waals surface area contributed by atoms with Crippen LogP contribution in [0.1, 0.15) is 46.0 Å². The van der Waals surface area contributed by atoms with Crippen molar-refractivity contribution in [2.24, 2.45) is 5.92 Å². The van der Waals surface area contributed by atoms with Gasteiger partial charge in [-0.25, -0.2) is 0 Å². The number of aliphatic hydroxyl groups is 1. The smallest absolute Gasteiger partial charge is 0.223 e. The average Bonchev–Trinajstić information content (AvgIpc) is 2.11. The molecule has 1 saturated carbocycles. The fraction of sp³-hybridized carbons (Fsp3) is 0.909. The quantitative estimate of drug-likeness (QED) is 0.704. The minimum atomic E-state index is -0.279. The van der Waals surface area contributed by atoms with E-state index in [9.17, 15) is 9.90 Å². The number of carbonyl (C=O) groups is 1. The normalized spacial score (nSPS) is 21.1. The Morgan fingerprint density at radius 2 is 2.21 bits per heavy atom. The molecular weight excluding hydrogens is 178 g/mol. The lowest BCUT2D eigenvalue weighted by atomic mass is 9.77. The van der Waals surface area contributed by atoms with Crippen molar-refractivity contribution in [3.63, 3.8) is 0 Å². The monoisotopic (exact) mass is 199 g/mol. The van der Waals surface area contributed by atoms with Gasteiger partial charge < -0.3 is 10.4 Å². The first-order chi connectivity index (χ1) is 6.63. The molecule has 1 rings (SSSR count). The molecule has 0 heterocycles. The minimum absolute atomic E-state index is 0.0732. The van der Waals surface area contributed by atoms with Crippen molar-refractivity contribution in [2.75, 3.05) is 6.61 Å². The molecular formula is C11H21NO2. The van der Waals surface area contributed by atoms with Crippen LogP contribution >= 0.6 is 0 Å². The van der Waals surface area contributed by atoms with E-state index in [1.54, 1.807) is 0 Å². The van der Waals surface area contributed by atoms with E-state index in [0.717, 1.165) is 32.1 Å². The molecule has 1 atom stereocenters. The van der Waals surface area contributed by atoms with Gasteiger partial charge in [0.2, 0.25) is 5.91 Å². The van der Waals surface area contributed by atoms with Gasteiger partial charge in [0.25, 0.3) is 0 Å². The van der Waals surface area contributed by atoms with E-state index in [4.69, 9.17) is 0 Å². The van der Waals surface area contributed by atoms with Gasteiger partial charge in [-0.1, -0.05) is 20.3 Å². The van der Waals surface area contributed by atoms with Crippen LogP contribution in [0.4, 0.5) is 0 Å². The molecule has 1 amide bonds. The molecule has 2 N–H and O–H groups in total. The number of rotatable bonds is 5. The Bertz CT molecular complexity index is 194. The second-order valence-corrected chi connectivity index (χ2v) is 4.47. The summed E-state index contributed by atoms with van der Waals surface area (Å²) in [6.07, 6.45) is 4.92. The SMILES string of the molecule is CCCC(C)C(=O)NC1(CO)CCC1. The fourth-order valence-electron chi connectivity index (χ4n) is 1.87. The van der Waals surface area contributed by atoms with E-state index in [-0.39, 0.29) is 24.0 Å². The zero-order valence-corrected chi connectivity index (χ0v) is 9.18. The third kappa shape index (κ3) is 2.47. The molecule has 0 aromatic carbocycles. The molecule has 0 bridgehead atoms. The van der Waals surface area contributed by atoms with E-state index < -0.39 is 0 Å². The summed E-state index contributed by atoms with van der Waals surface area (Å²) in [6, 6.07) is 0. The highest BCUT2D eigenvalue weighted by atomic mass is 16.3. The Balaban J connectivity index is 2.38. The van der Waals surface area contributed by atoms with Crippen LogP contribution in [0, 0.1) is 5.92 Å². The Kier molecular flexibility index (Phi) is 3.93. The number of aliphatic hydroxyl groups excluding tert-OH is 1. The van der Waals surface area contributed by atoms with Crippen LogP contribution in [0.5, 0.6) is 0 Å². The van der Waals surface area contributed by atoms with E-state index in [0.29, 0.717) is 0 Å². The standard InChI is InChI=1S/C11H21NO2/c1-3-5-9(2)10(14)12-11(8-13)6-4-7-11/h9,13H,3-8H2,1-2H3,(H,12,14). The maximum atomic E-state index is 11.7. The summed E-state index contributed by atoms with van der Waals surface area (Å²) in [7, 11) is 0. The van der Waals surface area contributed by atoms with Gasteiger partial charge in [0, 0.05) is 5.92 Å². The fourth-order valence-corrected chi connectivity index (χ4v) is 1.87. The summed E-state index contributed by atoms with van der Waals surface area (Å²) in [5.74, 6) is 0.171. The zero-order chi connectivity index (χ0) is 10.6. The molecule has 1 unspecified atom stereocenters. The molecule has 3 nitrogen and oxygen atoms in total. The molecule has 1 aliphatic carbocycles. The Morgan fingerprint density at radius 3 is 2.57 bits per heavy atom. The predicted molar refractivity (Wildman–Crippen MR) is 55.9 cm³/mol. The number of hydrogen-bond acceptors (Lipinski definition) is 2. The second kappa shape index (κ2) is 4.78. The number of hydrogen-bond donors (Lipinski definition) is 2. The van der Waals surface area contributed by atoms with E-state index in [1.165, 1.54) is 0 Å². The van der Waals surface area contributed by atoms with Crippen LogP contribution in [0.3, 0.4) is 0 Å². The van der Waals surface area contributed by atoms with Crippen LogP contribution in [0.25, 0.3) is 0 Å². The van der Waals surface area contributed by atoms with Gasteiger partial charge in [-0.2, -0.15) is 0 Å². The summed E-state index contributed by atoms with van der Waals surface area (Å²) >= 11 is 0. The summed E-state index contributed by atoms with van der Waals surface area (Å²) in [5, 5.41) is 12.2. The molecule has 3 heteroatoms. The highest BCUT2D eigenvalue weighted by Crippen LogP contribution is 2.31. The summed E-state index contributed by atoms with van der Waals surface area (Å²) in [5.41, 5.74) is -0.279. The Labute approximate surface area is 85.9 Å². The molecule has 14 heavy (non-hydrogen) atoms. The van der Waals surface area contributed by atoms with Gasteiger partial charge in [-0.05, 0) is 25.7 Å². The maximum Gasteiger partial charge on any atom is 0.223 e. The van der Waals surface area contributed by atoms with Gasteiger partial charge in [-0.15, -0.1) is 0 Å². The van der Waals surface area contributed by atoms with Gasteiger partial charge in [0.1, 0.15) is 0 Å². The van der Waals surface area contributed by atoms with Crippen LogP contribution in [0.15, 0.2) is 0 Å². The molecule has 0 aliphatic heterocycles. The minimum Gasteiger partial charge on any atom is -0.394 e. The number of carbonyl (C=O) groups excluding carboxylic acids is 1. The molecule has 0 saturated heterocycles. The number of nitrogens with one attached hydrogen (secondary N) is 1. The average molecular weight is 199 g/mol. The third-order valence-electron chi connectivity index (χ3n) is 3.17. The first kappa shape index (κ1) is 11.5. The van der Waals surface area contributed by atoms with Crippen molar-refractivity contribution < 1.29 is 9.90 Å². The highest BCUT2D eigenvalue weighted by Gasteiger charge is 2.38. The topological polar surface area (TPSA) is 49.3 Å². The molecule has 1 aliphatic rings. The predicted octanol–water partition coefficient (Wildman–Crippen LogP) is 1.45. The molecule has 82 valence electrons. The highest BCUT2D eigenvalue weighted by molar-refractivity contribution is 5.79. The van der Waals surface area contributed by atoms with E-state index in [2.05, 4.69) is 12.2 Å². The number of amides is 1. The molecule has 0 radical (unpaired) electrons. The van der Waals surface area contributed by atoms with Crippen molar-refractivity contribution in [3.8, 4) is 0 Å². The van der Waals surface area contributed by atoms with Crippen molar-refractivity contribution in [2.45, 2.75) is 51.5 Å². The third-order valence-corrected chi connectivity index (χ3v) is 3.17. The van der Waals surface area contributed by atoms with Crippen LogP contribution in [-0.2, 0) is 4.79 Å². The van der Waals surface area contributed by atoms with Gasteiger partial charge in [0.15, 0.2) is 0 Å². The first-order valence-corrected chi connectivity index (χ1v) is 5.56. The van der Waals surface area contributed by atoms with Gasteiger partial charge in [-0.3, -0.25) is 4.79 Å². The van der Waals surface area contributed by atoms with Crippen molar-refractivity contribution in [1.82, 2.24) is 5.32 Å². The van der Waals surface area contributed by atoms with Crippen LogP contribution in [0.2, 0.25) is 0 Å². The summed E-state index contributed by atoms with van der Waals surface area (Å²) in [6.45, 7) is 4.11. The summed E-state index contributed by atoms with van der Waals surface area (Å²) in [4.78, 5) is 11.7. The van der Waals surface area contributed by atoms with Gasteiger partial charge >= 0.3 is 0 Å². The summed E-state index contributed by atoms with van der Waals surface area (Å²) < 4.78 is 0. The zero-order valence-electron chi connectivity index (χ0n) is 9.18. The van der Waals surface area contributed by atoms with Crippen LogP contribution < -0.4 is 5.32 Å². The van der Waals surface area contributed by atoms with Crippen molar-refractivity contribution in [1.29, 1.82) is 0 Å². The second-order valence-electron chi connectivity index (χ2n) is 4.47. The maximum absolute atomic E-state index is 11.7. The lowest BCUT2D eigenvalue weighted by Gasteiger charge is -2.41. The molecule has 0 aromatic heterocycles. The Morgan fingerprint density at radius 1 is 1.57 bits per heavy atom. The molecule has 0 spiro atoms. The van der Waals surface area contributed by atoms with Crippen molar-refractivity contribution in [3.05, 3.63) is 0 Å². The molecule has 0 aromatic rings. The largest absolute Gasteiger partial charge is 0.394 e.